The molecule has 1 saturated carbocycles. The number of amides is 1. The van der Waals surface area contributed by atoms with Crippen LogP contribution in [0.15, 0.2) is 53.5 Å². The molecule has 1 amide bonds. The Morgan fingerprint density at radius 1 is 1.14 bits per heavy atom. The number of carbonyl (C=O) groups excluding carboxylic acids is 1. The third-order valence-corrected chi connectivity index (χ3v) is 4.35. The molecule has 0 unspecified atom stereocenters. The minimum atomic E-state index is -0.350. The lowest BCUT2D eigenvalue weighted by atomic mass is 9.64. The fourth-order valence-corrected chi connectivity index (χ4v) is 2.91. The smallest absolute Gasteiger partial charge is 0.260 e. The Morgan fingerprint density at radius 3 is 2.52 bits per heavy atom. The van der Waals surface area contributed by atoms with Crippen molar-refractivity contribution in [3.05, 3.63) is 70.1 Å². The second kappa shape index (κ2) is 5.56. The van der Waals surface area contributed by atoms with Gasteiger partial charge >= 0.3 is 0 Å². The molecule has 21 heavy (non-hydrogen) atoms. The van der Waals surface area contributed by atoms with Gasteiger partial charge in [0, 0.05) is 18.2 Å². The summed E-state index contributed by atoms with van der Waals surface area (Å²) in [6, 6.07) is 13.5. The molecule has 0 saturated heterocycles. The van der Waals surface area contributed by atoms with E-state index in [-0.39, 0.29) is 22.4 Å². The first-order valence-corrected chi connectivity index (χ1v) is 7.23. The average molecular weight is 282 g/mol. The molecule has 1 aliphatic carbocycles. The lowest BCUT2D eigenvalue weighted by Crippen LogP contribution is -2.46. The maximum Gasteiger partial charge on any atom is 0.260 e. The molecular weight excluding hydrogens is 264 g/mol. The Kier molecular flexibility index (Phi) is 3.60. The van der Waals surface area contributed by atoms with E-state index < -0.39 is 0 Å². The normalized spacial score (nSPS) is 16.0. The van der Waals surface area contributed by atoms with Crippen molar-refractivity contribution >= 4 is 5.91 Å². The van der Waals surface area contributed by atoms with Crippen molar-refractivity contribution in [2.45, 2.75) is 24.7 Å². The number of hydrogen-bond donors (Lipinski definition) is 2. The molecule has 4 nitrogen and oxygen atoms in total. The minimum absolute atomic E-state index is 0.0263. The van der Waals surface area contributed by atoms with Crippen molar-refractivity contribution in [1.82, 2.24) is 10.3 Å². The summed E-state index contributed by atoms with van der Waals surface area (Å²) >= 11 is 0. The SMILES string of the molecule is O=C(NCC1(c2ccccc2)CCC1)c1ccc[nH]c1=O. The van der Waals surface area contributed by atoms with Crippen molar-refractivity contribution in [2.75, 3.05) is 6.54 Å². The van der Waals surface area contributed by atoms with Crippen molar-refractivity contribution in [3.8, 4) is 0 Å². The van der Waals surface area contributed by atoms with E-state index in [1.807, 2.05) is 18.2 Å². The van der Waals surface area contributed by atoms with Gasteiger partial charge < -0.3 is 10.3 Å². The third kappa shape index (κ3) is 2.61. The highest BCUT2D eigenvalue weighted by Crippen LogP contribution is 2.43. The quantitative estimate of drug-likeness (QED) is 0.903. The summed E-state index contributed by atoms with van der Waals surface area (Å²) in [7, 11) is 0. The zero-order valence-corrected chi connectivity index (χ0v) is 11.8. The average Bonchev–Trinajstić information content (AvgIpc) is 2.47. The number of benzene rings is 1. The summed E-state index contributed by atoms with van der Waals surface area (Å²) in [5, 5.41) is 2.92. The van der Waals surface area contributed by atoms with Crippen LogP contribution in [0.1, 0.15) is 35.2 Å². The van der Waals surface area contributed by atoms with Crippen LogP contribution in [0.25, 0.3) is 0 Å². The zero-order valence-electron chi connectivity index (χ0n) is 11.8. The molecule has 4 heteroatoms. The maximum absolute atomic E-state index is 12.2. The Bertz CT molecular complexity index is 687. The van der Waals surface area contributed by atoms with E-state index in [1.54, 1.807) is 12.1 Å². The fourth-order valence-electron chi connectivity index (χ4n) is 2.91. The summed E-state index contributed by atoms with van der Waals surface area (Å²) in [4.78, 5) is 26.3. The standard InChI is InChI=1S/C17H18N2O2/c20-15-14(8-4-11-18-15)16(21)19-12-17(9-5-10-17)13-6-2-1-3-7-13/h1-4,6-8,11H,5,9-10,12H2,(H,18,20)(H,19,21). The van der Waals surface area contributed by atoms with Crippen LogP contribution in [0.3, 0.4) is 0 Å². The van der Waals surface area contributed by atoms with Crippen LogP contribution in [-0.4, -0.2) is 17.4 Å². The van der Waals surface area contributed by atoms with Gasteiger partial charge in [-0.15, -0.1) is 0 Å². The van der Waals surface area contributed by atoms with Crippen LogP contribution in [0.5, 0.6) is 0 Å². The number of H-pyrrole nitrogens is 1. The van der Waals surface area contributed by atoms with Gasteiger partial charge in [0.15, 0.2) is 0 Å². The lowest BCUT2D eigenvalue weighted by Gasteiger charge is -2.42. The van der Waals surface area contributed by atoms with Crippen LogP contribution < -0.4 is 10.9 Å². The minimum Gasteiger partial charge on any atom is -0.351 e. The molecule has 0 aliphatic heterocycles. The number of nitrogens with one attached hydrogen (secondary N) is 2. The number of hydrogen-bond acceptors (Lipinski definition) is 2. The third-order valence-electron chi connectivity index (χ3n) is 4.35. The Hall–Kier alpha value is -2.36. The topological polar surface area (TPSA) is 62.0 Å². The van der Waals surface area contributed by atoms with Gasteiger partial charge in [-0.2, -0.15) is 0 Å². The first-order valence-electron chi connectivity index (χ1n) is 7.23. The van der Waals surface area contributed by atoms with Crippen molar-refractivity contribution in [3.63, 3.8) is 0 Å². The van der Waals surface area contributed by atoms with Crippen molar-refractivity contribution in [1.29, 1.82) is 0 Å². The van der Waals surface area contributed by atoms with Gasteiger partial charge in [0.1, 0.15) is 5.56 Å². The predicted molar refractivity (Wildman–Crippen MR) is 81.4 cm³/mol. The second-order valence-electron chi connectivity index (χ2n) is 5.60. The van der Waals surface area contributed by atoms with Gasteiger partial charge in [-0.3, -0.25) is 9.59 Å². The summed E-state index contributed by atoms with van der Waals surface area (Å²) < 4.78 is 0. The van der Waals surface area contributed by atoms with Crippen LogP contribution in [0.2, 0.25) is 0 Å². The van der Waals surface area contributed by atoms with E-state index in [9.17, 15) is 9.59 Å². The lowest BCUT2D eigenvalue weighted by molar-refractivity contribution is 0.0926. The van der Waals surface area contributed by atoms with Crippen LogP contribution in [-0.2, 0) is 5.41 Å². The highest BCUT2D eigenvalue weighted by molar-refractivity contribution is 5.93. The zero-order chi connectivity index (χ0) is 14.7. The van der Waals surface area contributed by atoms with E-state index >= 15 is 0 Å². The first kappa shape index (κ1) is 13.6. The molecule has 1 heterocycles. The van der Waals surface area contributed by atoms with E-state index in [1.165, 1.54) is 18.2 Å². The van der Waals surface area contributed by atoms with Crippen LogP contribution >= 0.6 is 0 Å². The number of rotatable bonds is 4. The van der Waals surface area contributed by atoms with E-state index in [0.717, 1.165) is 12.8 Å². The molecule has 1 aromatic carbocycles. The Balaban J connectivity index is 1.73. The van der Waals surface area contributed by atoms with Gasteiger partial charge in [0.25, 0.3) is 11.5 Å². The highest BCUT2D eigenvalue weighted by atomic mass is 16.2. The predicted octanol–water partition coefficient (Wildman–Crippen LogP) is 2.23. The molecule has 108 valence electrons. The van der Waals surface area contributed by atoms with Crippen molar-refractivity contribution in [2.24, 2.45) is 0 Å². The van der Waals surface area contributed by atoms with Gasteiger partial charge in [0.2, 0.25) is 0 Å². The number of aromatic nitrogens is 1. The van der Waals surface area contributed by atoms with Crippen molar-refractivity contribution < 1.29 is 4.79 Å². The first-order chi connectivity index (χ1) is 10.2. The second-order valence-corrected chi connectivity index (χ2v) is 5.60. The maximum atomic E-state index is 12.2. The van der Waals surface area contributed by atoms with Crippen LogP contribution in [0.4, 0.5) is 0 Å². The molecule has 0 atom stereocenters. The highest BCUT2D eigenvalue weighted by Gasteiger charge is 2.38. The molecule has 0 spiro atoms. The van der Waals surface area contributed by atoms with Gasteiger partial charge in [-0.1, -0.05) is 36.8 Å². The summed E-state index contributed by atoms with van der Waals surface area (Å²) in [6.45, 7) is 0.574. The van der Waals surface area contributed by atoms with Gasteiger partial charge in [-0.25, -0.2) is 0 Å². The molecule has 2 aromatic rings. The summed E-state index contributed by atoms with van der Waals surface area (Å²) in [5.41, 5.74) is 1.11. The molecule has 1 aliphatic rings. The molecule has 1 aromatic heterocycles. The molecule has 0 radical (unpaired) electrons. The molecule has 2 N–H and O–H groups in total. The van der Waals surface area contributed by atoms with E-state index in [0.29, 0.717) is 6.54 Å². The molecule has 1 fully saturated rings. The summed E-state index contributed by atoms with van der Waals surface area (Å²) in [6.07, 6.45) is 4.85. The number of aromatic amines is 1. The largest absolute Gasteiger partial charge is 0.351 e. The van der Waals surface area contributed by atoms with E-state index in [4.69, 9.17) is 0 Å². The Labute approximate surface area is 123 Å². The monoisotopic (exact) mass is 282 g/mol. The van der Waals surface area contributed by atoms with E-state index in [2.05, 4.69) is 22.4 Å². The number of carbonyl (C=O) groups is 1. The molecular formula is C17H18N2O2. The summed E-state index contributed by atoms with van der Waals surface area (Å²) in [5.74, 6) is -0.306. The fraction of sp³-hybridized carbons (Fsp3) is 0.294. The molecule has 0 bridgehead atoms. The van der Waals surface area contributed by atoms with Crippen LogP contribution in [0, 0.1) is 0 Å². The van der Waals surface area contributed by atoms with Gasteiger partial charge in [0.05, 0.1) is 0 Å². The number of pyridine rings is 1. The molecule has 3 rings (SSSR count). The van der Waals surface area contributed by atoms with Gasteiger partial charge in [-0.05, 0) is 30.5 Å². The Morgan fingerprint density at radius 2 is 1.90 bits per heavy atom.